The predicted octanol–water partition coefficient (Wildman–Crippen LogP) is 3.54. The van der Waals surface area contributed by atoms with E-state index < -0.39 is 10.0 Å². The van der Waals surface area contributed by atoms with Crippen molar-refractivity contribution in [1.29, 1.82) is 0 Å². The van der Waals surface area contributed by atoms with Crippen LogP contribution in [0.4, 0.5) is 5.69 Å². The van der Waals surface area contributed by atoms with Crippen LogP contribution in [0.25, 0.3) is 11.3 Å². The van der Waals surface area contributed by atoms with Crippen LogP contribution >= 0.6 is 11.6 Å². The molecule has 3 rings (SSSR count). The van der Waals surface area contributed by atoms with Crippen molar-refractivity contribution in [3.8, 4) is 17.0 Å². The second-order valence-corrected chi connectivity index (χ2v) is 7.03. The average Bonchev–Trinajstić information content (AvgIpc) is 3.10. The van der Waals surface area contributed by atoms with Crippen molar-refractivity contribution in [2.75, 3.05) is 11.8 Å². The van der Waals surface area contributed by atoms with Crippen molar-refractivity contribution in [2.45, 2.75) is 4.90 Å². The van der Waals surface area contributed by atoms with Crippen LogP contribution < -0.4 is 9.46 Å². The quantitative estimate of drug-likeness (QED) is 0.726. The van der Waals surface area contributed by atoms with E-state index in [1.165, 1.54) is 19.2 Å². The predicted molar refractivity (Wildman–Crippen MR) is 92.8 cm³/mol. The number of benzene rings is 2. The molecule has 0 bridgehead atoms. The Labute approximate surface area is 144 Å². The molecule has 1 heterocycles. The molecule has 0 saturated heterocycles. The summed E-state index contributed by atoms with van der Waals surface area (Å²) >= 11 is 5.90. The zero-order chi connectivity index (χ0) is 17.2. The first-order valence-electron chi connectivity index (χ1n) is 6.95. The lowest BCUT2D eigenvalue weighted by Gasteiger charge is -2.12. The summed E-state index contributed by atoms with van der Waals surface area (Å²) in [7, 11) is -2.42. The molecule has 3 aromatic rings. The fraction of sp³-hybridized carbons (Fsp3) is 0.0625. The van der Waals surface area contributed by atoms with E-state index in [-0.39, 0.29) is 10.6 Å². The molecule has 6 nitrogen and oxygen atoms in total. The van der Waals surface area contributed by atoms with Gasteiger partial charge in [0.15, 0.2) is 0 Å². The maximum absolute atomic E-state index is 12.6. The van der Waals surface area contributed by atoms with Gasteiger partial charge in [-0.25, -0.2) is 13.4 Å². The summed E-state index contributed by atoms with van der Waals surface area (Å²) in [5.41, 5.74) is 2.18. The highest BCUT2D eigenvalue weighted by Gasteiger charge is 2.20. The minimum absolute atomic E-state index is 0.0184. The molecule has 0 unspecified atom stereocenters. The van der Waals surface area contributed by atoms with Gasteiger partial charge in [-0.05, 0) is 35.9 Å². The highest BCUT2D eigenvalue weighted by molar-refractivity contribution is 7.92. The maximum atomic E-state index is 12.6. The molecule has 0 radical (unpaired) electrons. The fourth-order valence-corrected chi connectivity index (χ4v) is 3.69. The molecule has 2 aromatic carbocycles. The minimum atomic E-state index is -3.82. The van der Waals surface area contributed by atoms with Crippen molar-refractivity contribution in [3.63, 3.8) is 0 Å². The topological polar surface area (TPSA) is 84.1 Å². The third-order valence-corrected chi connectivity index (χ3v) is 5.00. The first-order chi connectivity index (χ1) is 11.5. The normalized spacial score (nSPS) is 11.2. The second kappa shape index (κ2) is 6.54. The Morgan fingerprint density at radius 2 is 1.92 bits per heavy atom. The summed E-state index contributed by atoms with van der Waals surface area (Å²) in [5, 5.41) is 0.311. The average molecular weight is 364 g/mol. The fourth-order valence-electron chi connectivity index (χ4n) is 2.20. The number of halogens is 1. The van der Waals surface area contributed by atoms with Crippen LogP contribution in [-0.2, 0) is 10.0 Å². The second-order valence-electron chi connectivity index (χ2n) is 4.94. The number of aromatic nitrogens is 2. The Balaban J connectivity index is 1.88. The third-order valence-electron chi connectivity index (χ3n) is 3.36. The molecule has 0 fully saturated rings. The summed E-state index contributed by atoms with van der Waals surface area (Å²) < 4.78 is 32.8. The van der Waals surface area contributed by atoms with E-state index in [9.17, 15) is 8.42 Å². The van der Waals surface area contributed by atoms with Crippen LogP contribution in [0.3, 0.4) is 0 Å². The van der Waals surface area contributed by atoms with E-state index in [4.69, 9.17) is 16.3 Å². The zero-order valence-corrected chi connectivity index (χ0v) is 14.2. The Morgan fingerprint density at radius 3 is 2.54 bits per heavy atom. The summed E-state index contributed by atoms with van der Waals surface area (Å²) in [4.78, 5) is 6.92. The van der Waals surface area contributed by atoms with Crippen LogP contribution in [0.2, 0.25) is 5.02 Å². The molecule has 0 aliphatic carbocycles. The highest BCUT2D eigenvalue weighted by Crippen LogP contribution is 2.29. The molecule has 8 heteroatoms. The van der Waals surface area contributed by atoms with Crippen molar-refractivity contribution in [3.05, 3.63) is 60.0 Å². The number of H-pyrrole nitrogens is 1. The molecule has 0 aliphatic rings. The Hall–Kier alpha value is -2.51. The number of aromatic amines is 1. The number of hydrogen-bond acceptors (Lipinski definition) is 4. The standard InChI is InChI=1S/C16H14ClN3O3S/c1-23-15-7-4-12(17)8-16(15)24(21,22)20-13-5-2-11(3-6-13)14-9-18-10-19-14/h2-10,20H,1H3,(H,18,19). The number of sulfonamides is 1. The van der Waals surface area contributed by atoms with Gasteiger partial charge in [0.2, 0.25) is 0 Å². The van der Waals surface area contributed by atoms with Gasteiger partial charge in [0, 0.05) is 10.7 Å². The number of nitrogens with zero attached hydrogens (tertiary/aromatic N) is 1. The maximum Gasteiger partial charge on any atom is 0.265 e. The van der Waals surface area contributed by atoms with Crippen LogP contribution in [0.15, 0.2) is 59.9 Å². The van der Waals surface area contributed by atoms with E-state index in [1.807, 2.05) is 0 Å². The van der Waals surface area contributed by atoms with E-state index in [2.05, 4.69) is 14.7 Å². The van der Waals surface area contributed by atoms with Gasteiger partial charge in [0.1, 0.15) is 10.6 Å². The monoisotopic (exact) mass is 363 g/mol. The van der Waals surface area contributed by atoms with Crippen molar-refractivity contribution < 1.29 is 13.2 Å². The molecule has 1 aromatic heterocycles. The van der Waals surface area contributed by atoms with Gasteiger partial charge in [-0.15, -0.1) is 0 Å². The summed E-state index contributed by atoms with van der Waals surface area (Å²) in [6.45, 7) is 0. The number of methoxy groups -OCH3 is 1. The molecule has 0 atom stereocenters. The van der Waals surface area contributed by atoms with Crippen LogP contribution in [0.1, 0.15) is 0 Å². The molecular weight excluding hydrogens is 350 g/mol. The molecule has 124 valence electrons. The van der Waals surface area contributed by atoms with Crippen LogP contribution in [0.5, 0.6) is 5.75 Å². The smallest absolute Gasteiger partial charge is 0.265 e. The zero-order valence-electron chi connectivity index (χ0n) is 12.7. The van der Waals surface area contributed by atoms with E-state index in [0.717, 1.165) is 11.3 Å². The molecule has 0 amide bonds. The molecule has 0 aliphatic heterocycles. The van der Waals surface area contributed by atoms with E-state index in [1.54, 1.807) is 42.9 Å². The third kappa shape index (κ3) is 3.37. The van der Waals surface area contributed by atoms with Crippen LogP contribution in [-0.4, -0.2) is 25.5 Å². The molecule has 0 saturated carbocycles. The molecule has 2 N–H and O–H groups in total. The Kier molecular flexibility index (Phi) is 4.46. The molecular formula is C16H14ClN3O3S. The van der Waals surface area contributed by atoms with Gasteiger partial charge in [0.25, 0.3) is 10.0 Å². The summed E-state index contributed by atoms with van der Waals surface area (Å²) in [6, 6.07) is 11.4. The lowest BCUT2D eigenvalue weighted by Crippen LogP contribution is -2.14. The number of ether oxygens (including phenoxy) is 1. The van der Waals surface area contributed by atoms with Crippen molar-refractivity contribution in [2.24, 2.45) is 0 Å². The van der Waals surface area contributed by atoms with Gasteiger partial charge >= 0.3 is 0 Å². The largest absolute Gasteiger partial charge is 0.495 e. The van der Waals surface area contributed by atoms with Gasteiger partial charge in [0.05, 0.1) is 25.3 Å². The van der Waals surface area contributed by atoms with E-state index >= 15 is 0 Å². The van der Waals surface area contributed by atoms with Crippen molar-refractivity contribution >= 4 is 27.3 Å². The Morgan fingerprint density at radius 1 is 1.17 bits per heavy atom. The van der Waals surface area contributed by atoms with E-state index in [0.29, 0.717) is 10.7 Å². The number of hydrogen-bond donors (Lipinski definition) is 2. The molecule has 0 spiro atoms. The summed E-state index contributed by atoms with van der Waals surface area (Å²) in [5.74, 6) is 0.223. The van der Waals surface area contributed by atoms with Gasteiger partial charge in [-0.1, -0.05) is 23.7 Å². The van der Waals surface area contributed by atoms with Gasteiger partial charge in [-0.2, -0.15) is 0 Å². The van der Waals surface area contributed by atoms with Gasteiger partial charge < -0.3 is 9.72 Å². The molecule has 24 heavy (non-hydrogen) atoms. The first kappa shape index (κ1) is 16.4. The minimum Gasteiger partial charge on any atom is -0.495 e. The number of anilines is 1. The van der Waals surface area contributed by atoms with Gasteiger partial charge in [-0.3, -0.25) is 4.72 Å². The summed E-state index contributed by atoms with van der Waals surface area (Å²) in [6.07, 6.45) is 3.27. The highest BCUT2D eigenvalue weighted by atomic mass is 35.5. The lowest BCUT2D eigenvalue weighted by molar-refractivity contribution is 0.403. The number of rotatable bonds is 5. The first-order valence-corrected chi connectivity index (χ1v) is 8.81. The number of imidazole rings is 1. The van der Waals surface area contributed by atoms with Crippen molar-refractivity contribution in [1.82, 2.24) is 9.97 Å². The lowest BCUT2D eigenvalue weighted by atomic mass is 10.1. The number of nitrogens with one attached hydrogen (secondary N) is 2. The van der Waals surface area contributed by atoms with Crippen LogP contribution in [0, 0.1) is 0 Å². The Bertz CT molecular complexity index is 939. The SMILES string of the molecule is COc1ccc(Cl)cc1S(=O)(=O)Nc1ccc(-c2cnc[nH]2)cc1.